The molecule has 0 amide bonds. The molecule has 0 saturated heterocycles. The van der Waals surface area contributed by atoms with Gasteiger partial charge in [0, 0.05) is 18.2 Å². The van der Waals surface area contributed by atoms with E-state index in [1.165, 1.54) is 17.1 Å². The summed E-state index contributed by atoms with van der Waals surface area (Å²) in [5.41, 5.74) is 1.22. The molecule has 0 bridgehead atoms. The predicted molar refractivity (Wildman–Crippen MR) is 52.7 cm³/mol. The van der Waals surface area contributed by atoms with Crippen LogP contribution in [-0.2, 0) is 0 Å². The summed E-state index contributed by atoms with van der Waals surface area (Å²) in [5.74, 6) is 0.918. The van der Waals surface area contributed by atoms with Crippen molar-refractivity contribution in [1.29, 1.82) is 0 Å². The molecule has 1 aromatic heterocycles. The predicted octanol–water partition coefficient (Wildman–Crippen LogP) is 1.58. The second kappa shape index (κ2) is 3.08. The maximum Gasteiger partial charge on any atom is 0.198 e. The molecule has 0 fully saturated rings. The van der Waals surface area contributed by atoms with Gasteiger partial charge in [0.1, 0.15) is 5.82 Å². The van der Waals surface area contributed by atoms with Gasteiger partial charge in [-0.15, -0.1) is 0 Å². The lowest BCUT2D eigenvalue weighted by Crippen LogP contribution is -2.17. The maximum absolute atomic E-state index is 4.93. The molecule has 3 nitrogen and oxygen atoms in total. The Hall–Kier alpha value is -0.520. The molecule has 64 valence electrons. The normalized spacial score (nSPS) is 22.8. The Kier molecular flexibility index (Phi) is 2.08. The molecular weight excluding hydrogens is 190 g/mol. The van der Waals surface area contributed by atoms with Crippen LogP contribution in [0.4, 0.5) is 0 Å². The van der Waals surface area contributed by atoms with E-state index < -0.39 is 0 Å². The third-order valence-electron chi connectivity index (χ3n) is 1.81. The fraction of sp³-hybridized carbons (Fsp3) is 0.429. The van der Waals surface area contributed by atoms with Gasteiger partial charge in [-0.1, -0.05) is 6.08 Å². The van der Waals surface area contributed by atoms with Crippen LogP contribution in [0.15, 0.2) is 6.08 Å². The Balaban J connectivity index is 2.32. The molecule has 0 spiro atoms. The van der Waals surface area contributed by atoms with Crippen LogP contribution in [0.2, 0.25) is 0 Å². The molecule has 12 heavy (non-hydrogen) atoms. The molecule has 2 N–H and O–H groups in total. The Morgan fingerprint density at radius 3 is 3.08 bits per heavy atom. The second-order valence-electron chi connectivity index (χ2n) is 2.79. The molecule has 0 radical (unpaired) electrons. The van der Waals surface area contributed by atoms with Crippen molar-refractivity contribution in [2.24, 2.45) is 0 Å². The molecule has 1 aliphatic heterocycles. The summed E-state index contributed by atoms with van der Waals surface area (Å²) in [6, 6.07) is 0.448. The number of aromatic amines is 1. The minimum Gasteiger partial charge on any atom is -0.307 e. The minimum absolute atomic E-state index is 0.448. The minimum atomic E-state index is 0.448. The molecule has 1 atom stereocenters. The average molecular weight is 199 g/mol. The standard InChI is InChI=1S/C7H9N3S2/c1-4-2-5(3-8-4)6-9-7(11)12-10-6/h2,4,8H,3H2,1H3,(H,9,10,11)/t4-/m1/s1. The Morgan fingerprint density at radius 2 is 2.58 bits per heavy atom. The molecular formula is C7H9N3S2. The van der Waals surface area contributed by atoms with Crippen LogP contribution >= 0.6 is 23.8 Å². The van der Waals surface area contributed by atoms with E-state index in [1.807, 2.05) is 0 Å². The number of nitrogens with zero attached hydrogens (tertiary/aromatic N) is 1. The number of hydrogen-bond acceptors (Lipinski definition) is 4. The quantitative estimate of drug-likeness (QED) is 0.675. The molecule has 1 aliphatic rings. The van der Waals surface area contributed by atoms with Crippen molar-refractivity contribution in [2.75, 3.05) is 6.54 Å². The average Bonchev–Trinajstić information content (AvgIpc) is 2.58. The third kappa shape index (κ3) is 1.48. The molecule has 0 saturated carbocycles. The van der Waals surface area contributed by atoms with Crippen LogP contribution in [0.1, 0.15) is 12.7 Å². The largest absolute Gasteiger partial charge is 0.307 e. The maximum atomic E-state index is 4.93. The van der Waals surface area contributed by atoms with Crippen LogP contribution in [0.25, 0.3) is 5.57 Å². The van der Waals surface area contributed by atoms with E-state index in [2.05, 4.69) is 27.7 Å². The van der Waals surface area contributed by atoms with E-state index in [0.29, 0.717) is 10.00 Å². The summed E-state index contributed by atoms with van der Waals surface area (Å²) in [4.78, 5) is 4.20. The van der Waals surface area contributed by atoms with Gasteiger partial charge in [0.2, 0.25) is 0 Å². The van der Waals surface area contributed by atoms with Crippen LogP contribution < -0.4 is 5.32 Å². The summed E-state index contributed by atoms with van der Waals surface area (Å²) in [6.07, 6.45) is 2.17. The zero-order valence-electron chi connectivity index (χ0n) is 6.63. The van der Waals surface area contributed by atoms with E-state index in [4.69, 9.17) is 12.2 Å². The van der Waals surface area contributed by atoms with E-state index >= 15 is 0 Å². The molecule has 2 rings (SSSR count). The topological polar surface area (TPSA) is 40.7 Å². The van der Waals surface area contributed by atoms with Gasteiger partial charge in [-0.05, 0) is 30.7 Å². The molecule has 5 heteroatoms. The first-order valence-electron chi connectivity index (χ1n) is 3.75. The first kappa shape index (κ1) is 8.10. The van der Waals surface area contributed by atoms with Crippen molar-refractivity contribution in [3.05, 3.63) is 15.9 Å². The first-order chi connectivity index (χ1) is 5.75. The van der Waals surface area contributed by atoms with Crippen molar-refractivity contribution in [2.45, 2.75) is 13.0 Å². The van der Waals surface area contributed by atoms with Gasteiger partial charge < -0.3 is 5.32 Å². The Morgan fingerprint density at radius 1 is 1.75 bits per heavy atom. The molecule has 0 unspecified atom stereocenters. The van der Waals surface area contributed by atoms with Crippen LogP contribution in [0.3, 0.4) is 0 Å². The highest BCUT2D eigenvalue weighted by atomic mass is 32.2. The summed E-state index contributed by atoms with van der Waals surface area (Å²) in [7, 11) is 0. The first-order valence-corrected chi connectivity index (χ1v) is 4.98. The summed E-state index contributed by atoms with van der Waals surface area (Å²) >= 11 is 6.33. The van der Waals surface area contributed by atoms with Crippen molar-refractivity contribution in [3.8, 4) is 0 Å². The highest BCUT2D eigenvalue weighted by molar-refractivity contribution is 7.73. The van der Waals surface area contributed by atoms with Gasteiger partial charge >= 0.3 is 0 Å². The van der Waals surface area contributed by atoms with E-state index in [1.54, 1.807) is 0 Å². The lowest BCUT2D eigenvalue weighted by molar-refractivity contribution is 0.727. The Labute approximate surface area is 79.7 Å². The zero-order chi connectivity index (χ0) is 8.55. The van der Waals surface area contributed by atoms with E-state index in [-0.39, 0.29) is 0 Å². The number of aromatic nitrogens is 2. The zero-order valence-corrected chi connectivity index (χ0v) is 8.26. The fourth-order valence-corrected chi connectivity index (χ4v) is 1.93. The van der Waals surface area contributed by atoms with E-state index in [9.17, 15) is 0 Å². The molecule has 0 aliphatic carbocycles. The van der Waals surface area contributed by atoms with Crippen molar-refractivity contribution < 1.29 is 0 Å². The van der Waals surface area contributed by atoms with Gasteiger partial charge in [-0.3, -0.25) is 4.37 Å². The van der Waals surface area contributed by atoms with Gasteiger partial charge in [-0.2, -0.15) is 0 Å². The molecule has 0 aromatic carbocycles. The number of nitrogens with one attached hydrogen (secondary N) is 2. The summed E-state index contributed by atoms with van der Waals surface area (Å²) < 4.78 is 3.76. The summed E-state index contributed by atoms with van der Waals surface area (Å²) in [5, 5.41) is 3.30. The lowest BCUT2D eigenvalue weighted by atomic mass is 10.2. The third-order valence-corrected chi connectivity index (χ3v) is 2.71. The lowest BCUT2D eigenvalue weighted by Gasteiger charge is -1.95. The van der Waals surface area contributed by atoms with Crippen LogP contribution in [0.5, 0.6) is 0 Å². The van der Waals surface area contributed by atoms with Crippen molar-refractivity contribution in [3.63, 3.8) is 0 Å². The fourth-order valence-electron chi connectivity index (χ4n) is 1.22. The van der Waals surface area contributed by atoms with Gasteiger partial charge in [-0.25, -0.2) is 4.98 Å². The number of H-pyrrole nitrogens is 1. The van der Waals surface area contributed by atoms with E-state index in [0.717, 1.165) is 12.4 Å². The Bertz CT molecular complexity index is 363. The number of hydrogen-bond donors (Lipinski definition) is 2. The van der Waals surface area contributed by atoms with Gasteiger partial charge in [0.25, 0.3) is 0 Å². The highest BCUT2D eigenvalue weighted by Gasteiger charge is 2.13. The van der Waals surface area contributed by atoms with Crippen LogP contribution in [-0.4, -0.2) is 21.9 Å². The van der Waals surface area contributed by atoms with Crippen molar-refractivity contribution >= 4 is 29.3 Å². The van der Waals surface area contributed by atoms with Gasteiger partial charge in [0.05, 0.1) is 0 Å². The van der Waals surface area contributed by atoms with Crippen LogP contribution in [0, 0.1) is 3.95 Å². The molecule has 1 aromatic rings. The monoisotopic (exact) mass is 199 g/mol. The summed E-state index contributed by atoms with van der Waals surface area (Å²) in [6.45, 7) is 3.00. The smallest absolute Gasteiger partial charge is 0.198 e. The van der Waals surface area contributed by atoms with Crippen molar-refractivity contribution in [1.82, 2.24) is 14.7 Å². The second-order valence-corrected chi connectivity index (χ2v) is 4.23. The highest BCUT2D eigenvalue weighted by Crippen LogP contribution is 2.15. The molecule has 2 heterocycles. The van der Waals surface area contributed by atoms with Gasteiger partial charge in [0.15, 0.2) is 3.95 Å². The SMILES string of the molecule is C[C@@H]1C=C(c2nc(=S)s[nH]2)CN1. The number of rotatable bonds is 1.